The summed E-state index contributed by atoms with van der Waals surface area (Å²) in [6.45, 7) is 4.79. The SMILES string of the molecule is COCC(=O)N1CC[C@]2(O)CCN(CCn3cnnc3)C[C@@H]2C1. The standard InChI is InChI=1S/C15H25N5O3/c1-23-10-14(21)20-5-3-15(22)2-4-18(8-13(15)9-20)6-7-19-11-16-17-12-19/h11-13,22H,2-10H2,1H3/t13-,15-/m1/s1. The minimum absolute atomic E-state index is 0.0103. The van der Waals surface area contributed by atoms with Gasteiger partial charge in [-0.3, -0.25) is 4.79 Å². The molecule has 8 nitrogen and oxygen atoms in total. The number of fused-ring (bicyclic) bond motifs is 1. The van der Waals surface area contributed by atoms with E-state index in [-0.39, 0.29) is 18.4 Å². The van der Waals surface area contributed by atoms with Crippen LogP contribution >= 0.6 is 0 Å². The first-order chi connectivity index (χ1) is 11.1. The van der Waals surface area contributed by atoms with Gasteiger partial charge in [-0.1, -0.05) is 0 Å². The molecule has 2 aliphatic rings. The van der Waals surface area contributed by atoms with Gasteiger partial charge >= 0.3 is 0 Å². The summed E-state index contributed by atoms with van der Waals surface area (Å²) in [4.78, 5) is 16.2. The second-order valence-electron chi connectivity index (χ2n) is 6.57. The van der Waals surface area contributed by atoms with Crippen molar-refractivity contribution in [3.05, 3.63) is 12.7 Å². The van der Waals surface area contributed by atoms with Gasteiger partial charge in [0.05, 0.1) is 5.60 Å². The highest BCUT2D eigenvalue weighted by atomic mass is 16.5. The van der Waals surface area contributed by atoms with Crippen molar-refractivity contribution in [3.63, 3.8) is 0 Å². The molecule has 2 aliphatic heterocycles. The molecule has 1 aromatic heterocycles. The molecule has 0 saturated carbocycles. The first-order valence-electron chi connectivity index (χ1n) is 8.14. The summed E-state index contributed by atoms with van der Waals surface area (Å²) in [5, 5.41) is 18.5. The van der Waals surface area contributed by atoms with E-state index in [9.17, 15) is 9.90 Å². The van der Waals surface area contributed by atoms with Gasteiger partial charge in [0.25, 0.3) is 0 Å². The van der Waals surface area contributed by atoms with Crippen LogP contribution < -0.4 is 0 Å². The van der Waals surface area contributed by atoms with Gasteiger partial charge < -0.3 is 24.2 Å². The molecule has 23 heavy (non-hydrogen) atoms. The summed E-state index contributed by atoms with van der Waals surface area (Å²) in [5.74, 6) is 0.114. The first-order valence-corrected chi connectivity index (χ1v) is 8.14. The number of nitrogens with zero attached hydrogens (tertiary/aromatic N) is 5. The lowest BCUT2D eigenvalue weighted by Gasteiger charge is -2.50. The van der Waals surface area contributed by atoms with Crippen LogP contribution in [0.15, 0.2) is 12.7 Å². The van der Waals surface area contributed by atoms with E-state index in [1.807, 2.05) is 9.47 Å². The number of ether oxygens (including phenoxy) is 1. The molecule has 2 saturated heterocycles. The fourth-order valence-corrected chi connectivity index (χ4v) is 3.61. The fourth-order valence-electron chi connectivity index (χ4n) is 3.61. The molecular formula is C15H25N5O3. The summed E-state index contributed by atoms with van der Waals surface area (Å²) in [6.07, 6.45) is 4.86. The highest BCUT2D eigenvalue weighted by Gasteiger charge is 2.45. The lowest BCUT2D eigenvalue weighted by Crippen LogP contribution is -2.61. The predicted octanol–water partition coefficient (Wildman–Crippen LogP) is -0.790. The van der Waals surface area contributed by atoms with Crippen molar-refractivity contribution in [1.82, 2.24) is 24.6 Å². The molecule has 0 spiro atoms. The highest BCUT2D eigenvalue weighted by molar-refractivity contribution is 5.77. The number of hydrogen-bond donors (Lipinski definition) is 1. The van der Waals surface area contributed by atoms with E-state index >= 15 is 0 Å². The van der Waals surface area contributed by atoms with Crippen LogP contribution in [0.3, 0.4) is 0 Å². The average molecular weight is 323 g/mol. The number of likely N-dealkylation sites (tertiary alicyclic amines) is 2. The van der Waals surface area contributed by atoms with Crippen LogP contribution in [0.5, 0.6) is 0 Å². The Labute approximate surface area is 136 Å². The maximum atomic E-state index is 12.0. The summed E-state index contributed by atoms with van der Waals surface area (Å²) >= 11 is 0. The topological polar surface area (TPSA) is 83.7 Å². The molecule has 0 aromatic carbocycles. The van der Waals surface area contributed by atoms with Gasteiger partial charge in [0.1, 0.15) is 19.3 Å². The zero-order valence-corrected chi connectivity index (χ0v) is 13.6. The molecule has 2 fully saturated rings. The maximum Gasteiger partial charge on any atom is 0.248 e. The molecule has 0 bridgehead atoms. The third-order valence-electron chi connectivity index (χ3n) is 5.12. The summed E-state index contributed by atoms with van der Waals surface area (Å²) in [7, 11) is 1.53. The molecular weight excluding hydrogens is 298 g/mol. The van der Waals surface area contributed by atoms with E-state index in [1.165, 1.54) is 7.11 Å². The normalized spacial score (nSPS) is 28.6. The van der Waals surface area contributed by atoms with Gasteiger partial charge in [-0.15, -0.1) is 10.2 Å². The zero-order valence-electron chi connectivity index (χ0n) is 13.6. The number of aromatic nitrogens is 3. The Morgan fingerprint density at radius 1 is 1.26 bits per heavy atom. The molecule has 1 N–H and O–H groups in total. The average Bonchev–Trinajstić information content (AvgIpc) is 3.06. The van der Waals surface area contributed by atoms with E-state index < -0.39 is 5.60 Å². The molecule has 3 heterocycles. The number of hydrogen-bond acceptors (Lipinski definition) is 6. The molecule has 128 valence electrons. The summed E-state index contributed by atoms with van der Waals surface area (Å²) in [5.41, 5.74) is -0.628. The lowest BCUT2D eigenvalue weighted by atomic mass is 9.75. The number of carbonyl (C=O) groups excluding carboxylic acids is 1. The van der Waals surface area contributed by atoms with Crippen molar-refractivity contribution >= 4 is 5.91 Å². The predicted molar refractivity (Wildman–Crippen MR) is 82.6 cm³/mol. The van der Waals surface area contributed by atoms with E-state index in [2.05, 4.69) is 15.1 Å². The van der Waals surface area contributed by atoms with Crippen LogP contribution in [-0.2, 0) is 16.1 Å². The summed E-state index contributed by atoms with van der Waals surface area (Å²) < 4.78 is 6.89. The molecule has 8 heteroatoms. The number of aliphatic hydroxyl groups is 1. The van der Waals surface area contributed by atoms with Gasteiger partial charge in [0.2, 0.25) is 5.91 Å². The second kappa shape index (κ2) is 6.94. The number of carbonyl (C=O) groups is 1. The Balaban J connectivity index is 1.56. The quantitative estimate of drug-likeness (QED) is 0.764. The molecule has 3 rings (SSSR count). The van der Waals surface area contributed by atoms with E-state index in [0.717, 1.165) is 32.6 Å². The smallest absolute Gasteiger partial charge is 0.248 e. The summed E-state index contributed by atoms with van der Waals surface area (Å²) in [6, 6.07) is 0. The third kappa shape index (κ3) is 3.70. The molecule has 2 atom stereocenters. The van der Waals surface area contributed by atoms with Crippen molar-refractivity contribution in [2.75, 3.05) is 46.4 Å². The Morgan fingerprint density at radius 2 is 2.00 bits per heavy atom. The third-order valence-corrected chi connectivity index (χ3v) is 5.12. The minimum Gasteiger partial charge on any atom is -0.389 e. The van der Waals surface area contributed by atoms with Crippen LogP contribution in [0.2, 0.25) is 0 Å². The van der Waals surface area contributed by atoms with Crippen LogP contribution in [0.1, 0.15) is 12.8 Å². The second-order valence-corrected chi connectivity index (χ2v) is 6.57. The molecule has 1 amide bonds. The van der Waals surface area contributed by atoms with Crippen molar-refractivity contribution in [2.24, 2.45) is 5.92 Å². The Bertz CT molecular complexity index is 523. The Kier molecular flexibility index (Phi) is 4.93. The van der Waals surface area contributed by atoms with E-state index in [1.54, 1.807) is 12.7 Å². The van der Waals surface area contributed by atoms with Gasteiger partial charge in [0, 0.05) is 52.3 Å². The monoisotopic (exact) mass is 323 g/mol. The number of amides is 1. The number of piperidine rings is 2. The van der Waals surface area contributed by atoms with Crippen LogP contribution in [0.4, 0.5) is 0 Å². The molecule has 0 aliphatic carbocycles. The Morgan fingerprint density at radius 3 is 2.74 bits per heavy atom. The van der Waals surface area contributed by atoms with Crippen molar-refractivity contribution in [2.45, 2.75) is 25.0 Å². The van der Waals surface area contributed by atoms with Crippen LogP contribution in [0.25, 0.3) is 0 Å². The minimum atomic E-state index is -0.628. The fraction of sp³-hybridized carbons (Fsp3) is 0.800. The van der Waals surface area contributed by atoms with E-state index in [4.69, 9.17) is 4.74 Å². The highest BCUT2D eigenvalue weighted by Crippen LogP contribution is 2.35. The molecule has 0 unspecified atom stereocenters. The van der Waals surface area contributed by atoms with Crippen molar-refractivity contribution < 1.29 is 14.6 Å². The van der Waals surface area contributed by atoms with Gasteiger partial charge in [-0.25, -0.2) is 0 Å². The van der Waals surface area contributed by atoms with E-state index in [0.29, 0.717) is 19.5 Å². The largest absolute Gasteiger partial charge is 0.389 e. The first kappa shape index (κ1) is 16.4. The number of methoxy groups -OCH3 is 1. The lowest BCUT2D eigenvalue weighted by molar-refractivity contribution is -0.150. The maximum absolute atomic E-state index is 12.0. The van der Waals surface area contributed by atoms with Crippen molar-refractivity contribution in [1.29, 1.82) is 0 Å². The van der Waals surface area contributed by atoms with Crippen LogP contribution in [-0.4, -0.2) is 87.6 Å². The zero-order chi connectivity index (χ0) is 16.3. The van der Waals surface area contributed by atoms with Gasteiger partial charge in [-0.05, 0) is 12.8 Å². The van der Waals surface area contributed by atoms with Crippen LogP contribution in [0, 0.1) is 5.92 Å². The van der Waals surface area contributed by atoms with Crippen molar-refractivity contribution in [3.8, 4) is 0 Å². The molecule has 0 radical (unpaired) electrons. The number of rotatable bonds is 5. The van der Waals surface area contributed by atoms with Gasteiger partial charge in [-0.2, -0.15) is 0 Å². The van der Waals surface area contributed by atoms with Gasteiger partial charge in [0.15, 0.2) is 0 Å². The molecule has 1 aromatic rings. The Hall–Kier alpha value is -1.51.